The minimum Gasteiger partial charge on any atom is -0.508 e. The van der Waals surface area contributed by atoms with E-state index in [4.69, 9.17) is 11.6 Å². The van der Waals surface area contributed by atoms with Gasteiger partial charge >= 0.3 is 18.1 Å². The quantitative estimate of drug-likeness (QED) is 0.529. The van der Waals surface area contributed by atoms with Crippen molar-refractivity contribution in [3.8, 4) is 11.5 Å². The van der Waals surface area contributed by atoms with Crippen LogP contribution in [0.4, 0.5) is 18.9 Å². The predicted octanol–water partition coefficient (Wildman–Crippen LogP) is 3.92. The molecule has 32 heavy (non-hydrogen) atoms. The smallest absolute Gasteiger partial charge is 0.508 e. The van der Waals surface area contributed by atoms with E-state index >= 15 is 0 Å². The molecule has 0 saturated heterocycles. The van der Waals surface area contributed by atoms with E-state index < -0.39 is 23.9 Å². The molecule has 0 saturated carbocycles. The Bertz CT molecular complexity index is 1160. The van der Waals surface area contributed by atoms with E-state index in [9.17, 15) is 28.2 Å². The maximum absolute atomic E-state index is 12.3. The molecule has 8 nitrogen and oxygen atoms in total. The number of alkyl halides is 3. The Labute approximate surface area is 183 Å². The molecule has 0 radical (unpaired) electrons. The number of halogens is 4. The first-order valence-corrected chi connectivity index (χ1v) is 9.35. The molecule has 0 bridgehead atoms. The molecule has 0 spiro atoms. The molecule has 0 aromatic heterocycles. The Morgan fingerprint density at radius 3 is 2.56 bits per heavy atom. The van der Waals surface area contributed by atoms with Crippen molar-refractivity contribution in [3.05, 3.63) is 71.4 Å². The maximum atomic E-state index is 12.3. The van der Waals surface area contributed by atoms with Crippen molar-refractivity contribution in [1.82, 2.24) is 10.4 Å². The number of aliphatic carboxylic acids is 1. The van der Waals surface area contributed by atoms with Gasteiger partial charge in [0.2, 0.25) is 0 Å². The van der Waals surface area contributed by atoms with Crippen LogP contribution in [0.2, 0.25) is 5.02 Å². The van der Waals surface area contributed by atoms with Gasteiger partial charge in [0.15, 0.2) is 0 Å². The molecule has 1 unspecified atom stereocenters. The monoisotopic (exact) mass is 466 g/mol. The summed E-state index contributed by atoms with van der Waals surface area (Å²) in [4.78, 5) is 16.2. The van der Waals surface area contributed by atoms with Crippen molar-refractivity contribution in [2.45, 2.75) is 12.1 Å². The van der Waals surface area contributed by atoms with E-state index in [1.807, 2.05) is 0 Å². The van der Waals surface area contributed by atoms with Gasteiger partial charge in [-0.05, 0) is 54.6 Å². The number of hydrazine groups is 1. The summed E-state index contributed by atoms with van der Waals surface area (Å²) in [6.07, 6.45) is -0.0889. The molecule has 4 N–H and O–H groups in total. The number of anilines is 1. The van der Waals surface area contributed by atoms with Gasteiger partial charge in [0.25, 0.3) is 0 Å². The third kappa shape index (κ3) is 4.34. The standard InChI is InChI=1S/C20H14ClF3N4O4/c21-16-7-4-13(29)9-15(16)11-1-8-17-26-19(18(30)31,27-28(17)10-11)25-12-2-5-14(6-3-12)32-20(22,23)24/h1-10,25,27,29H,(H,30,31). The molecule has 12 heteroatoms. The van der Waals surface area contributed by atoms with Crippen LogP contribution in [0.5, 0.6) is 11.5 Å². The number of ether oxygens (including phenoxy) is 1. The zero-order valence-corrected chi connectivity index (χ0v) is 16.6. The molecule has 2 aliphatic rings. The Morgan fingerprint density at radius 1 is 1.19 bits per heavy atom. The molecule has 4 rings (SSSR count). The van der Waals surface area contributed by atoms with Gasteiger partial charge in [-0.3, -0.25) is 5.01 Å². The average molecular weight is 467 g/mol. The SMILES string of the molecule is O=C(O)C1(Nc2ccc(OC(F)(F)F)cc2)N=C2C=CC(c3cc(O)ccc3Cl)=CN2N1. The molecule has 0 fully saturated rings. The molecule has 1 atom stereocenters. The fourth-order valence-electron chi connectivity index (χ4n) is 3.09. The highest BCUT2D eigenvalue weighted by Crippen LogP contribution is 2.32. The number of hydrogen-bond acceptors (Lipinski definition) is 7. The Morgan fingerprint density at radius 2 is 1.91 bits per heavy atom. The van der Waals surface area contributed by atoms with E-state index in [1.54, 1.807) is 18.4 Å². The second-order valence-electron chi connectivity index (χ2n) is 6.75. The van der Waals surface area contributed by atoms with Crippen LogP contribution in [0.3, 0.4) is 0 Å². The van der Waals surface area contributed by atoms with Crippen molar-refractivity contribution in [3.63, 3.8) is 0 Å². The number of fused-ring (bicyclic) bond motifs is 1. The van der Waals surface area contributed by atoms with Crippen LogP contribution in [-0.2, 0) is 4.79 Å². The second-order valence-corrected chi connectivity index (χ2v) is 7.15. The van der Waals surface area contributed by atoms with E-state index in [0.717, 1.165) is 12.1 Å². The number of carbonyl (C=O) groups is 1. The van der Waals surface area contributed by atoms with Gasteiger partial charge in [-0.1, -0.05) is 11.6 Å². The highest BCUT2D eigenvalue weighted by Gasteiger charge is 2.46. The third-order valence-electron chi connectivity index (χ3n) is 4.48. The number of nitrogens with zero attached hydrogens (tertiary/aromatic N) is 2. The first kappa shape index (κ1) is 21.5. The number of amidine groups is 1. The topological polar surface area (TPSA) is 106 Å². The lowest BCUT2D eigenvalue weighted by atomic mass is 10.0. The summed E-state index contributed by atoms with van der Waals surface area (Å²) >= 11 is 6.20. The normalized spacial score (nSPS) is 19.8. The molecular weight excluding hydrogens is 453 g/mol. The zero-order chi connectivity index (χ0) is 23.1. The third-order valence-corrected chi connectivity index (χ3v) is 4.80. The number of aromatic hydroxyl groups is 1. The molecule has 2 aliphatic heterocycles. The van der Waals surface area contributed by atoms with Crippen LogP contribution in [0.15, 0.2) is 65.8 Å². The lowest BCUT2D eigenvalue weighted by Crippen LogP contribution is -2.57. The highest BCUT2D eigenvalue weighted by molar-refractivity contribution is 6.32. The summed E-state index contributed by atoms with van der Waals surface area (Å²) in [5.74, 6) is -3.59. The minimum atomic E-state index is -4.84. The number of hydrogen-bond donors (Lipinski definition) is 4. The van der Waals surface area contributed by atoms with Crippen molar-refractivity contribution in [2.75, 3.05) is 5.32 Å². The van der Waals surface area contributed by atoms with Crippen LogP contribution < -0.4 is 15.5 Å². The summed E-state index contributed by atoms with van der Waals surface area (Å²) in [5, 5.41) is 24.0. The van der Waals surface area contributed by atoms with Crippen LogP contribution in [0.1, 0.15) is 5.56 Å². The lowest BCUT2D eigenvalue weighted by Gasteiger charge is -2.27. The van der Waals surface area contributed by atoms with E-state index in [2.05, 4.69) is 20.5 Å². The highest BCUT2D eigenvalue weighted by atomic mass is 35.5. The molecule has 0 amide bonds. The lowest BCUT2D eigenvalue weighted by molar-refractivity contribution is -0.274. The number of aliphatic imine (C=N–C) groups is 1. The summed E-state index contributed by atoms with van der Waals surface area (Å²) < 4.78 is 40.8. The van der Waals surface area contributed by atoms with Crippen molar-refractivity contribution in [2.24, 2.45) is 4.99 Å². The van der Waals surface area contributed by atoms with Gasteiger partial charge in [0.05, 0.1) is 0 Å². The zero-order valence-electron chi connectivity index (χ0n) is 15.9. The van der Waals surface area contributed by atoms with Crippen LogP contribution in [-0.4, -0.2) is 39.2 Å². The van der Waals surface area contributed by atoms with Crippen LogP contribution in [0, 0.1) is 0 Å². The number of allylic oxidation sites excluding steroid dienone is 2. The van der Waals surface area contributed by atoms with Crippen LogP contribution in [0.25, 0.3) is 5.57 Å². The molecule has 2 heterocycles. The summed E-state index contributed by atoms with van der Waals surface area (Å²) in [7, 11) is 0. The van der Waals surface area contributed by atoms with Gasteiger partial charge in [0.1, 0.15) is 17.3 Å². The Hall–Kier alpha value is -3.70. The number of carboxylic acids is 1. The molecule has 2 aromatic carbocycles. The minimum absolute atomic E-state index is 0.00652. The average Bonchev–Trinajstić information content (AvgIpc) is 3.09. The second kappa shape index (κ2) is 7.77. The van der Waals surface area contributed by atoms with Crippen molar-refractivity contribution in [1.29, 1.82) is 0 Å². The summed E-state index contributed by atoms with van der Waals surface area (Å²) in [5.41, 5.74) is 3.99. The van der Waals surface area contributed by atoms with Crippen LogP contribution >= 0.6 is 11.6 Å². The summed E-state index contributed by atoms with van der Waals surface area (Å²) in [6, 6.07) is 8.97. The molecule has 0 aliphatic carbocycles. The Kier molecular flexibility index (Phi) is 5.23. The fraction of sp³-hybridized carbons (Fsp3) is 0.100. The molecule has 2 aromatic rings. The Balaban J connectivity index is 1.58. The van der Waals surface area contributed by atoms with Crippen molar-refractivity contribution >= 4 is 34.7 Å². The number of rotatable bonds is 5. The van der Waals surface area contributed by atoms with Gasteiger partial charge < -0.3 is 20.3 Å². The number of phenols is 1. The van der Waals surface area contributed by atoms with Gasteiger partial charge in [-0.2, -0.15) is 5.43 Å². The number of benzene rings is 2. The van der Waals surface area contributed by atoms with Gasteiger partial charge in [-0.15, -0.1) is 13.2 Å². The van der Waals surface area contributed by atoms with E-state index in [-0.39, 0.29) is 17.3 Å². The number of phenolic OH excluding ortho intramolecular Hbond substituents is 1. The van der Waals surface area contributed by atoms with Crippen molar-refractivity contribution < 1.29 is 32.9 Å². The molecular formula is C20H14ClF3N4O4. The first-order chi connectivity index (χ1) is 15.0. The summed E-state index contributed by atoms with van der Waals surface area (Å²) in [6.45, 7) is 0. The van der Waals surface area contributed by atoms with Gasteiger partial charge in [-0.25, -0.2) is 9.79 Å². The maximum Gasteiger partial charge on any atom is 0.573 e. The number of carboxylic acid groups (broad SMARTS) is 1. The largest absolute Gasteiger partial charge is 0.573 e. The van der Waals surface area contributed by atoms with E-state index in [1.165, 1.54) is 35.3 Å². The van der Waals surface area contributed by atoms with Gasteiger partial charge in [0, 0.05) is 28.0 Å². The first-order valence-electron chi connectivity index (χ1n) is 8.98. The number of nitrogens with one attached hydrogen (secondary N) is 2. The predicted molar refractivity (Wildman–Crippen MR) is 110 cm³/mol. The van der Waals surface area contributed by atoms with E-state index in [0.29, 0.717) is 16.2 Å². The molecule has 166 valence electrons. The fourth-order valence-corrected chi connectivity index (χ4v) is 3.32.